The zero-order valence-corrected chi connectivity index (χ0v) is 14.6. The Bertz CT molecular complexity index is 699. The molecular weight excluding hydrogens is 316 g/mol. The van der Waals surface area contributed by atoms with Crippen LogP contribution >= 0.6 is 0 Å². The first-order valence-corrected chi connectivity index (χ1v) is 8.78. The lowest BCUT2D eigenvalue weighted by Crippen LogP contribution is -2.40. The first-order valence-electron chi connectivity index (χ1n) is 8.78. The molecule has 0 aliphatic carbocycles. The molecule has 6 heteroatoms. The fourth-order valence-electron chi connectivity index (χ4n) is 3.50. The van der Waals surface area contributed by atoms with Crippen molar-refractivity contribution in [2.75, 3.05) is 20.3 Å². The molecule has 1 aliphatic rings. The minimum absolute atomic E-state index is 0.273. The molecule has 3 rings (SSSR count). The number of nitrogens with two attached hydrogens (primary N) is 1. The number of fused-ring (bicyclic) bond motifs is 1. The van der Waals surface area contributed by atoms with Crippen molar-refractivity contribution in [3.05, 3.63) is 53.3 Å². The molecule has 0 bridgehead atoms. The highest BCUT2D eigenvalue weighted by atomic mass is 16.5. The maximum Gasteiger partial charge on any atom is 0.252 e. The van der Waals surface area contributed by atoms with E-state index in [0.29, 0.717) is 18.1 Å². The quantitative estimate of drug-likeness (QED) is 0.759. The fourth-order valence-corrected chi connectivity index (χ4v) is 3.50. The zero-order valence-electron chi connectivity index (χ0n) is 14.6. The molecule has 6 nitrogen and oxygen atoms in total. The smallest absolute Gasteiger partial charge is 0.252 e. The van der Waals surface area contributed by atoms with Gasteiger partial charge in [-0.25, -0.2) is 0 Å². The van der Waals surface area contributed by atoms with Crippen LogP contribution in [0.15, 0.2) is 36.5 Å². The van der Waals surface area contributed by atoms with Gasteiger partial charge in [-0.3, -0.25) is 9.48 Å². The number of aryl methyl sites for hydroxylation is 1. The van der Waals surface area contributed by atoms with Crippen molar-refractivity contribution < 1.29 is 9.53 Å². The van der Waals surface area contributed by atoms with E-state index in [9.17, 15) is 4.79 Å². The van der Waals surface area contributed by atoms with Crippen molar-refractivity contribution in [3.8, 4) is 0 Å². The minimum Gasteiger partial charge on any atom is -0.383 e. The second kappa shape index (κ2) is 8.27. The first-order chi connectivity index (χ1) is 12.2. The van der Waals surface area contributed by atoms with E-state index in [-0.39, 0.29) is 6.04 Å². The van der Waals surface area contributed by atoms with Gasteiger partial charge in [0.2, 0.25) is 0 Å². The molecule has 1 aromatic heterocycles. The number of nitrogens with zero attached hydrogens (tertiary/aromatic N) is 2. The van der Waals surface area contributed by atoms with Crippen molar-refractivity contribution in [1.29, 1.82) is 0 Å². The van der Waals surface area contributed by atoms with E-state index < -0.39 is 5.91 Å². The summed E-state index contributed by atoms with van der Waals surface area (Å²) < 4.78 is 7.28. The summed E-state index contributed by atoms with van der Waals surface area (Å²) in [6.07, 6.45) is 4.41. The van der Waals surface area contributed by atoms with Crippen molar-refractivity contribution in [3.63, 3.8) is 0 Å². The highest BCUT2D eigenvalue weighted by molar-refractivity contribution is 5.93. The van der Waals surface area contributed by atoms with E-state index in [1.165, 1.54) is 5.56 Å². The maximum absolute atomic E-state index is 11.5. The monoisotopic (exact) mass is 342 g/mol. The summed E-state index contributed by atoms with van der Waals surface area (Å²) in [6.45, 7) is 2.40. The minimum atomic E-state index is -0.392. The van der Waals surface area contributed by atoms with Crippen molar-refractivity contribution >= 4 is 5.91 Å². The Morgan fingerprint density at radius 1 is 1.44 bits per heavy atom. The second-order valence-corrected chi connectivity index (χ2v) is 6.70. The van der Waals surface area contributed by atoms with E-state index >= 15 is 0 Å². The average molecular weight is 342 g/mol. The van der Waals surface area contributed by atoms with Crippen LogP contribution in [0.5, 0.6) is 0 Å². The molecule has 134 valence electrons. The Labute approximate surface area is 148 Å². The standard InChI is InChI=1S/C19H26N4O2/c1-25-13-16(9-14-5-3-2-4-6-14)21-11-15-7-8-23-18(10-15)17(12-22-23)19(20)24/h2-6,12,15-16,21H,7-11,13H2,1H3,(H2,20,24)/t15-,16+/m0/s1. The molecule has 1 aliphatic heterocycles. The molecule has 2 heterocycles. The van der Waals surface area contributed by atoms with Crippen LogP contribution in [0.3, 0.4) is 0 Å². The molecule has 1 aromatic carbocycles. The van der Waals surface area contributed by atoms with Crippen LogP contribution in [0.2, 0.25) is 0 Å². The Kier molecular flexibility index (Phi) is 5.83. The topological polar surface area (TPSA) is 82.2 Å². The van der Waals surface area contributed by atoms with Crippen LogP contribution in [-0.2, 0) is 24.1 Å². The number of carbonyl (C=O) groups is 1. The molecule has 0 unspecified atom stereocenters. The number of hydrogen-bond donors (Lipinski definition) is 2. The second-order valence-electron chi connectivity index (χ2n) is 6.70. The van der Waals surface area contributed by atoms with Gasteiger partial charge >= 0.3 is 0 Å². The number of hydrogen-bond acceptors (Lipinski definition) is 4. The third kappa shape index (κ3) is 4.46. The van der Waals surface area contributed by atoms with E-state index in [1.807, 2.05) is 10.7 Å². The predicted molar refractivity (Wildman–Crippen MR) is 96.4 cm³/mol. The number of methoxy groups -OCH3 is 1. The SMILES string of the molecule is COC[C@@H](Cc1ccccc1)NC[C@H]1CCn2ncc(C(N)=O)c2C1. The lowest BCUT2D eigenvalue weighted by molar-refractivity contribution is 0.0998. The van der Waals surface area contributed by atoms with Gasteiger partial charge in [0.05, 0.1) is 24.1 Å². The third-order valence-electron chi connectivity index (χ3n) is 4.83. The van der Waals surface area contributed by atoms with Crippen LogP contribution in [0, 0.1) is 5.92 Å². The highest BCUT2D eigenvalue weighted by Gasteiger charge is 2.24. The van der Waals surface area contributed by atoms with Crippen LogP contribution < -0.4 is 11.1 Å². The van der Waals surface area contributed by atoms with Gasteiger partial charge in [0.25, 0.3) is 5.91 Å². The number of carbonyl (C=O) groups excluding carboxylic acids is 1. The summed E-state index contributed by atoms with van der Waals surface area (Å²) in [7, 11) is 1.73. The van der Waals surface area contributed by atoms with Gasteiger partial charge < -0.3 is 15.8 Å². The van der Waals surface area contributed by atoms with Gasteiger partial charge in [-0.15, -0.1) is 0 Å². The van der Waals surface area contributed by atoms with Gasteiger partial charge in [-0.05, 0) is 37.3 Å². The van der Waals surface area contributed by atoms with Gasteiger partial charge in [0, 0.05) is 19.7 Å². The van der Waals surface area contributed by atoms with E-state index in [4.69, 9.17) is 10.5 Å². The molecule has 0 fully saturated rings. The van der Waals surface area contributed by atoms with Gasteiger partial charge in [-0.1, -0.05) is 30.3 Å². The molecule has 0 spiro atoms. The molecule has 0 saturated heterocycles. The number of primary amides is 1. The predicted octanol–water partition coefficient (Wildman–Crippen LogP) is 1.39. The normalized spacial score (nSPS) is 17.9. The lowest BCUT2D eigenvalue weighted by Gasteiger charge is -2.27. The largest absolute Gasteiger partial charge is 0.383 e. The first kappa shape index (κ1) is 17.6. The molecule has 25 heavy (non-hydrogen) atoms. The number of ether oxygens (including phenoxy) is 1. The summed E-state index contributed by atoms with van der Waals surface area (Å²) >= 11 is 0. The van der Waals surface area contributed by atoms with Crippen LogP contribution in [0.4, 0.5) is 0 Å². The Balaban J connectivity index is 1.58. The number of rotatable bonds is 8. The molecule has 1 amide bonds. The fraction of sp³-hybridized carbons (Fsp3) is 0.474. The average Bonchev–Trinajstić information content (AvgIpc) is 3.04. The van der Waals surface area contributed by atoms with Crippen LogP contribution in [0.25, 0.3) is 0 Å². The number of nitrogens with one attached hydrogen (secondary N) is 1. The molecule has 3 N–H and O–H groups in total. The molecule has 0 saturated carbocycles. The third-order valence-corrected chi connectivity index (χ3v) is 4.83. The van der Waals surface area contributed by atoms with Crippen molar-refractivity contribution in [2.24, 2.45) is 11.7 Å². The van der Waals surface area contributed by atoms with Crippen LogP contribution in [-0.4, -0.2) is 42.0 Å². The molecule has 2 atom stereocenters. The van der Waals surface area contributed by atoms with Crippen LogP contribution in [0.1, 0.15) is 28.0 Å². The van der Waals surface area contributed by atoms with Gasteiger partial charge in [0.15, 0.2) is 0 Å². The Hall–Kier alpha value is -2.18. The summed E-state index contributed by atoms with van der Waals surface area (Å²) in [5, 5.41) is 7.91. The van der Waals surface area contributed by atoms with Gasteiger partial charge in [-0.2, -0.15) is 5.10 Å². The summed E-state index contributed by atoms with van der Waals surface area (Å²) in [5.74, 6) is 0.0774. The Morgan fingerprint density at radius 2 is 2.24 bits per heavy atom. The van der Waals surface area contributed by atoms with Gasteiger partial charge in [0.1, 0.15) is 0 Å². The van der Waals surface area contributed by atoms with E-state index in [1.54, 1.807) is 13.3 Å². The summed E-state index contributed by atoms with van der Waals surface area (Å²) in [4.78, 5) is 11.5. The molecule has 0 radical (unpaired) electrons. The lowest BCUT2D eigenvalue weighted by atomic mass is 9.93. The van der Waals surface area contributed by atoms with Crippen molar-refractivity contribution in [2.45, 2.75) is 31.8 Å². The number of benzene rings is 1. The summed E-state index contributed by atoms with van der Waals surface area (Å²) in [5.41, 5.74) is 8.28. The molecular formula is C19H26N4O2. The van der Waals surface area contributed by atoms with E-state index in [2.05, 4.69) is 34.7 Å². The maximum atomic E-state index is 11.5. The summed E-state index contributed by atoms with van der Waals surface area (Å²) in [6, 6.07) is 10.7. The molecule has 2 aromatic rings. The van der Waals surface area contributed by atoms with E-state index in [0.717, 1.165) is 38.0 Å². The van der Waals surface area contributed by atoms with Crippen molar-refractivity contribution in [1.82, 2.24) is 15.1 Å². The Morgan fingerprint density at radius 3 is 2.96 bits per heavy atom. The number of amides is 1. The zero-order chi connectivity index (χ0) is 17.6. The highest BCUT2D eigenvalue weighted by Crippen LogP contribution is 2.22. The number of aromatic nitrogens is 2.